The quantitative estimate of drug-likeness (QED) is 0.739. The lowest BCUT2D eigenvalue weighted by Gasteiger charge is -2.43. The Morgan fingerprint density at radius 3 is 2.45 bits per heavy atom. The minimum Gasteiger partial charge on any atom is -0.324 e. The van der Waals surface area contributed by atoms with Gasteiger partial charge in [-0.25, -0.2) is 13.6 Å². The average Bonchev–Trinajstić information content (AvgIpc) is 3.02. The zero-order valence-corrected chi connectivity index (χ0v) is 16.9. The highest BCUT2D eigenvalue weighted by molar-refractivity contribution is 8.02. The lowest BCUT2D eigenvalue weighted by molar-refractivity contribution is -0.116. The normalized spacial score (nSPS) is 18.4. The first-order valence-corrected chi connectivity index (χ1v) is 10.5. The van der Waals surface area contributed by atoms with E-state index in [1.807, 2.05) is 0 Å². The van der Waals surface area contributed by atoms with E-state index in [4.69, 9.17) is 11.6 Å². The summed E-state index contributed by atoms with van der Waals surface area (Å²) in [6, 6.07) is 9.62. The van der Waals surface area contributed by atoms with Gasteiger partial charge in [-0.15, -0.1) is 11.8 Å². The van der Waals surface area contributed by atoms with Gasteiger partial charge >= 0.3 is 6.03 Å². The molecule has 2 heterocycles. The number of anilines is 2. The van der Waals surface area contributed by atoms with Crippen LogP contribution in [-0.2, 0) is 4.79 Å². The van der Waals surface area contributed by atoms with Crippen molar-refractivity contribution < 1.29 is 18.4 Å². The minimum atomic E-state index is -0.548. The molecule has 29 heavy (non-hydrogen) atoms. The number of benzene rings is 2. The van der Waals surface area contributed by atoms with Gasteiger partial charge in [-0.1, -0.05) is 11.6 Å². The van der Waals surface area contributed by atoms with E-state index in [1.54, 1.807) is 33.7 Å². The van der Waals surface area contributed by atoms with Crippen LogP contribution < -0.4 is 10.2 Å². The number of piperidine rings is 1. The van der Waals surface area contributed by atoms with Crippen molar-refractivity contribution in [1.29, 1.82) is 0 Å². The van der Waals surface area contributed by atoms with Gasteiger partial charge in [-0.3, -0.25) is 9.69 Å². The van der Waals surface area contributed by atoms with Crippen LogP contribution >= 0.6 is 23.4 Å². The molecular weight excluding hydrogens is 420 g/mol. The van der Waals surface area contributed by atoms with E-state index in [2.05, 4.69) is 5.32 Å². The van der Waals surface area contributed by atoms with Gasteiger partial charge in [0.1, 0.15) is 11.6 Å². The summed E-state index contributed by atoms with van der Waals surface area (Å²) in [5, 5.41) is 2.66. The summed E-state index contributed by atoms with van der Waals surface area (Å²) in [5.74, 6) is -0.555. The Hall–Kier alpha value is -2.32. The van der Waals surface area contributed by atoms with Crippen molar-refractivity contribution in [2.24, 2.45) is 0 Å². The Morgan fingerprint density at radius 2 is 1.79 bits per heavy atom. The van der Waals surface area contributed by atoms with Gasteiger partial charge in [0.25, 0.3) is 0 Å². The summed E-state index contributed by atoms with van der Waals surface area (Å²) >= 11 is 7.33. The fourth-order valence-electron chi connectivity index (χ4n) is 3.73. The number of amides is 3. The third-order valence-electron chi connectivity index (χ3n) is 5.21. The molecule has 5 nitrogen and oxygen atoms in total. The number of carbonyl (C=O) groups is 2. The van der Waals surface area contributed by atoms with Gasteiger partial charge in [-0.05, 0) is 55.3 Å². The number of rotatable bonds is 2. The van der Waals surface area contributed by atoms with Gasteiger partial charge in [0.2, 0.25) is 5.91 Å². The molecule has 9 heteroatoms. The number of halogens is 3. The summed E-state index contributed by atoms with van der Waals surface area (Å²) in [6.07, 6.45) is 1.19. The largest absolute Gasteiger partial charge is 0.324 e. The van der Waals surface area contributed by atoms with Gasteiger partial charge in [0, 0.05) is 24.5 Å². The van der Waals surface area contributed by atoms with Gasteiger partial charge in [0.15, 0.2) is 0 Å². The van der Waals surface area contributed by atoms with Crippen molar-refractivity contribution >= 4 is 46.7 Å². The molecular formula is C20H18ClF2N3O2S. The number of nitrogens with one attached hydrogen (secondary N) is 1. The zero-order valence-electron chi connectivity index (χ0n) is 15.3. The van der Waals surface area contributed by atoms with E-state index in [0.717, 1.165) is 0 Å². The molecule has 2 aliphatic heterocycles. The molecule has 2 saturated heterocycles. The number of thioether (sulfide) groups is 1. The van der Waals surface area contributed by atoms with Crippen LogP contribution in [0.3, 0.4) is 0 Å². The standard InChI is InChI=1S/C20H18ClF2N3O2S/c21-16-11-14(3-6-17(16)23)24-19(28)25-9-7-20(8-10-25)26(18(27)12-29-20)15-4-1-13(22)2-5-15/h1-6,11H,7-10,12H2,(H,24,28). The Bertz CT molecular complexity index is 949. The monoisotopic (exact) mass is 437 g/mol. The fraction of sp³-hybridized carbons (Fsp3) is 0.300. The molecule has 152 valence electrons. The second kappa shape index (κ2) is 7.84. The average molecular weight is 438 g/mol. The number of hydrogen-bond donors (Lipinski definition) is 1. The Morgan fingerprint density at radius 1 is 1.10 bits per heavy atom. The van der Waals surface area contributed by atoms with Crippen LogP contribution in [-0.4, -0.2) is 40.6 Å². The summed E-state index contributed by atoms with van der Waals surface area (Å²) in [7, 11) is 0. The van der Waals surface area contributed by atoms with Crippen molar-refractivity contribution in [2.45, 2.75) is 17.7 Å². The van der Waals surface area contributed by atoms with E-state index >= 15 is 0 Å². The molecule has 4 rings (SSSR count). The molecule has 0 unspecified atom stereocenters. The highest BCUT2D eigenvalue weighted by atomic mass is 35.5. The summed E-state index contributed by atoms with van der Waals surface area (Å²) in [4.78, 5) is 28.1. The zero-order chi connectivity index (χ0) is 20.6. The van der Waals surface area contributed by atoms with Gasteiger partial charge in [-0.2, -0.15) is 0 Å². The van der Waals surface area contributed by atoms with Gasteiger partial charge < -0.3 is 10.2 Å². The van der Waals surface area contributed by atoms with E-state index in [0.29, 0.717) is 43.1 Å². The molecule has 2 fully saturated rings. The number of urea groups is 1. The van der Waals surface area contributed by atoms with Crippen molar-refractivity contribution in [1.82, 2.24) is 4.90 Å². The fourth-order valence-corrected chi connectivity index (χ4v) is 5.23. The highest BCUT2D eigenvalue weighted by Crippen LogP contribution is 2.46. The minimum absolute atomic E-state index is 0.0135. The molecule has 1 spiro atoms. The topological polar surface area (TPSA) is 52.7 Å². The molecule has 0 radical (unpaired) electrons. The van der Waals surface area contributed by atoms with Crippen molar-refractivity contribution in [3.05, 3.63) is 59.1 Å². The highest BCUT2D eigenvalue weighted by Gasteiger charge is 2.49. The van der Waals surface area contributed by atoms with E-state index in [1.165, 1.54) is 30.3 Å². The number of carbonyl (C=O) groups excluding carboxylic acids is 2. The Kier molecular flexibility index (Phi) is 5.40. The van der Waals surface area contributed by atoms with Crippen LogP contribution in [0.2, 0.25) is 5.02 Å². The predicted molar refractivity (Wildman–Crippen MR) is 110 cm³/mol. The summed E-state index contributed by atoms with van der Waals surface area (Å²) < 4.78 is 26.6. The third kappa shape index (κ3) is 3.91. The number of likely N-dealkylation sites (tertiary alicyclic amines) is 1. The molecule has 0 atom stereocenters. The molecule has 0 aromatic heterocycles. The van der Waals surface area contributed by atoms with Crippen molar-refractivity contribution in [3.63, 3.8) is 0 Å². The molecule has 0 saturated carbocycles. The molecule has 2 aliphatic rings. The second-order valence-corrected chi connectivity index (χ2v) is 8.73. The van der Waals surface area contributed by atoms with E-state index in [9.17, 15) is 18.4 Å². The van der Waals surface area contributed by atoms with Crippen LogP contribution in [0.1, 0.15) is 12.8 Å². The number of hydrogen-bond acceptors (Lipinski definition) is 3. The SMILES string of the molecule is O=C(Nc1ccc(F)c(Cl)c1)N1CCC2(CC1)SCC(=O)N2c1ccc(F)cc1. The lowest BCUT2D eigenvalue weighted by atomic mass is 10.0. The number of nitrogens with zero attached hydrogens (tertiary/aromatic N) is 2. The molecule has 2 aromatic carbocycles. The van der Waals surface area contributed by atoms with E-state index < -0.39 is 10.7 Å². The van der Waals surface area contributed by atoms with Crippen molar-refractivity contribution in [2.75, 3.05) is 29.1 Å². The Balaban J connectivity index is 1.44. The molecule has 0 bridgehead atoms. The van der Waals surface area contributed by atoms with Crippen molar-refractivity contribution in [3.8, 4) is 0 Å². The first-order chi connectivity index (χ1) is 13.9. The smallest absolute Gasteiger partial charge is 0.321 e. The van der Waals surface area contributed by atoms with Crippen LogP contribution in [0.25, 0.3) is 0 Å². The lowest BCUT2D eigenvalue weighted by Crippen LogP contribution is -2.53. The third-order valence-corrected chi connectivity index (χ3v) is 7.02. The van der Waals surface area contributed by atoms with Gasteiger partial charge in [0.05, 0.1) is 15.6 Å². The van der Waals surface area contributed by atoms with Crippen LogP contribution in [0.15, 0.2) is 42.5 Å². The van der Waals surface area contributed by atoms with E-state index in [-0.39, 0.29) is 22.8 Å². The summed E-state index contributed by atoms with van der Waals surface area (Å²) in [6.45, 7) is 0.914. The maximum atomic E-state index is 13.3. The van der Waals surface area contributed by atoms with Crippen LogP contribution in [0.4, 0.5) is 25.0 Å². The molecule has 3 amide bonds. The predicted octanol–water partition coefficient (Wildman–Crippen LogP) is 4.72. The maximum absolute atomic E-state index is 13.3. The molecule has 1 N–H and O–H groups in total. The van der Waals surface area contributed by atoms with Crippen LogP contribution in [0, 0.1) is 11.6 Å². The molecule has 2 aromatic rings. The first kappa shape index (κ1) is 20.0. The van der Waals surface area contributed by atoms with Crippen LogP contribution in [0.5, 0.6) is 0 Å². The maximum Gasteiger partial charge on any atom is 0.321 e. The Labute approximate surface area is 176 Å². The second-order valence-electron chi connectivity index (χ2n) is 6.99. The summed E-state index contributed by atoms with van der Waals surface area (Å²) in [5.41, 5.74) is 1.08. The molecule has 0 aliphatic carbocycles. The first-order valence-electron chi connectivity index (χ1n) is 9.11.